The molecule has 0 bridgehead atoms. The zero-order valence-electron chi connectivity index (χ0n) is 14.8. The molecule has 2 aliphatic rings. The second-order valence-corrected chi connectivity index (χ2v) is 8.73. The summed E-state index contributed by atoms with van der Waals surface area (Å²) in [6.07, 6.45) is 4.24. The van der Waals surface area contributed by atoms with E-state index in [4.69, 9.17) is 0 Å². The van der Waals surface area contributed by atoms with E-state index in [2.05, 4.69) is 10.2 Å². The van der Waals surface area contributed by atoms with Crippen molar-refractivity contribution in [2.24, 2.45) is 5.92 Å². The Labute approximate surface area is 142 Å². The molecular formula is C16H34N4O2S. The van der Waals surface area contributed by atoms with Crippen molar-refractivity contribution in [3.63, 3.8) is 0 Å². The van der Waals surface area contributed by atoms with Crippen molar-refractivity contribution in [3.8, 4) is 0 Å². The van der Waals surface area contributed by atoms with Gasteiger partial charge >= 0.3 is 0 Å². The Morgan fingerprint density at radius 1 is 1.00 bits per heavy atom. The average molecular weight is 347 g/mol. The van der Waals surface area contributed by atoms with Gasteiger partial charge in [0.2, 0.25) is 0 Å². The Morgan fingerprint density at radius 2 is 1.57 bits per heavy atom. The molecule has 6 nitrogen and oxygen atoms in total. The van der Waals surface area contributed by atoms with Crippen molar-refractivity contribution in [2.75, 3.05) is 58.9 Å². The molecule has 0 spiro atoms. The van der Waals surface area contributed by atoms with Crippen molar-refractivity contribution in [1.82, 2.24) is 18.8 Å². The van der Waals surface area contributed by atoms with Crippen LogP contribution in [0.5, 0.6) is 0 Å². The predicted molar refractivity (Wildman–Crippen MR) is 94.7 cm³/mol. The van der Waals surface area contributed by atoms with Crippen molar-refractivity contribution in [1.29, 1.82) is 0 Å². The van der Waals surface area contributed by atoms with Gasteiger partial charge in [0.05, 0.1) is 0 Å². The van der Waals surface area contributed by atoms with Crippen LogP contribution in [0.25, 0.3) is 0 Å². The summed E-state index contributed by atoms with van der Waals surface area (Å²) in [5.74, 6) is 0.774. The van der Waals surface area contributed by atoms with Crippen LogP contribution in [-0.4, -0.2) is 80.8 Å². The molecule has 2 fully saturated rings. The number of piperidine rings is 1. The van der Waals surface area contributed by atoms with Gasteiger partial charge in [-0.2, -0.15) is 17.0 Å². The Balaban J connectivity index is 1.84. The van der Waals surface area contributed by atoms with Gasteiger partial charge in [-0.25, -0.2) is 0 Å². The normalized spacial score (nSPS) is 22.7. The van der Waals surface area contributed by atoms with Crippen LogP contribution >= 0.6 is 0 Å². The van der Waals surface area contributed by atoms with Gasteiger partial charge < -0.3 is 10.2 Å². The van der Waals surface area contributed by atoms with Gasteiger partial charge in [0, 0.05) is 45.8 Å². The topological polar surface area (TPSA) is 55.9 Å². The summed E-state index contributed by atoms with van der Waals surface area (Å²) in [7, 11) is -3.27. The number of rotatable bonds is 8. The lowest BCUT2D eigenvalue weighted by Gasteiger charge is -2.38. The minimum absolute atomic E-state index is 0.630. The highest BCUT2D eigenvalue weighted by Gasteiger charge is 2.32. The number of nitrogens with one attached hydrogen (secondary N) is 1. The summed E-state index contributed by atoms with van der Waals surface area (Å²) in [4.78, 5) is 2.45. The minimum atomic E-state index is -3.27. The van der Waals surface area contributed by atoms with Crippen LogP contribution in [0.3, 0.4) is 0 Å². The van der Waals surface area contributed by atoms with Crippen molar-refractivity contribution in [3.05, 3.63) is 0 Å². The third-order valence-electron chi connectivity index (χ3n) is 4.90. The molecule has 0 saturated carbocycles. The van der Waals surface area contributed by atoms with E-state index in [0.717, 1.165) is 51.5 Å². The Morgan fingerprint density at radius 3 is 2.09 bits per heavy atom. The van der Waals surface area contributed by atoms with Crippen molar-refractivity contribution >= 4 is 10.2 Å². The first kappa shape index (κ1) is 19.1. The van der Waals surface area contributed by atoms with Crippen LogP contribution in [0.15, 0.2) is 0 Å². The summed E-state index contributed by atoms with van der Waals surface area (Å²) in [6, 6.07) is 0. The van der Waals surface area contributed by atoms with Crippen molar-refractivity contribution < 1.29 is 8.42 Å². The second kappa shape index (κ2) is 9.32. The monoisotopic (exact) mass is 346 g/mol. The van der Waals surface area contributed by atoms with Gasteiger partial charge in [-0.15, -0.1) is 0 Å². The molecule has 0 aliphatic carbocycles. The van der Waals surface area contributed by atoms with Crippen molar-refractivity contribution in [2.45, 2.75) is 39.5 Å². The molecule has 0 amide bonds. The summed E-state index contributed by atoms with van der Waals surface area (Å²) >= 11 is 0. The molecule has 0 unspecified atom stereocenters. The van der Waals surface area contributed by atoms with Gasteiger partial charge in [-0.05, 0) is 44.7 Å². The first-order chi connectivity index (χ1) is 11.1. The number of piperazine rings is 1. The molecule has 0 aromatic rings. The molecule has 0 radical (unpaired) electrons. The molecule has 136 valence electrons. The van der Waals surface area contributed by atoms with Crippen LogP contribution in [-0.2, 0) is 10.2 Å². The van der Waals surface area contributed by atoms with Gasteiger partial charge in [-0.3, -0.25) is 0 Å². The molecule has 23 heavy (non-hydrogen) atoms. The maximum Gasteiger partial charge on any atom is 0.282 e. The predicted octanol–water partition coefficient (Wildman–Crippen LogP) is 0.970. The zero-order valence-corrected chi connectivity index (χ0v) is 15.7. The first-order valence-corrected chi connectivity index (χ1v) is 10.7. The maximum atomic E-state index is 12.8. The lowest BCUT2D eigenvalue weighted by molar-refractivity contribution is 0.148. The Bertz CT molecular complexity index is 423. The summed E-state index contributed by atoms with van der Waals surface area (Å²) in [5, 5.41) is 3.40. The molecule has 0 aromatic heterocycles. The van der Waals surface area contributed by atoms with E-state index in [1.807, 2.05) is 13.8 Å². The summed E-state index contributed by atoms with van der Waals surface area (Å²) in [5.41, 5.74) is 0. The Kier molecular flexibility index (Phi) is 7.75. The fourth-order valence-corrected chi connectivity index (χ4v) is 5.35. The highest BCUT2D eigenvalue weighted by atomic mass is 32.2. The van der Waals surface area contributed by atoms with E-state index in [9.17, 15) is 8.42 Å². The highest BCUT2D eigenvalue weighted by molar-refractivity contribution is 7.86. The molecular weight excluding hydrogens is 312 g/mol. The Hall–Kier alpha value is -0.210. The van der Waals surface area contributed by atoms with Crippen LogP contribution in [0.1, 0.15) is 39.5 Å². The van der Waals surface area contributed by atoms with E-state index in [1.54, 1.807) is 8.61 Å². The minimum Gasteiger partial charge on any atom is -0.317 e. The van der Waals surface area contributed by atoms with Gasteiger partial charge in [0.1, 0.15) is 0 Å². The molecule has 2 rings (SSSR count). The van der Waals surface area contributed by atoms with Crippen LogP contribution in [0.4, 0.5) is 0 Å². The highest BCUT2D eigenvalue weighted by Crippen LogP contribution is 2.17. The van der Waals surface area contributed by atoms with Crippen LogP contribution in [0.2, 0.25) is 0 Å². The lowest BCUT2D eigenvalue weighted by Crippen LogP contribution is -2.54. The molecule has 0 aromatic carbocycles. The zero-order chi connectivity index (χ0) is 16.7. The third-order valence-corrected chi connectivity index (χ3v) is 6.94. The quantitative estimate of drug-likeness (QED) is 0.712. The molecule has 2 saturated heterocycles. The van der Waals surface area contributed by atoms with E-state index < -0.39 is 10.2 Å². The fourth-order valence-electron chi connectivity index (χ4n) is 3.58. The van der Waals surface area contributed by atoms with E-state index in [-0.39, 0.29) is 0 Å². The van der Waals surface area contributed by atoms with E-state index in [0.29, 0.717) is 26.2 Å². The fraction of sp³-hybridized carbons (Fsp3) is 1.00. The third kappa shape index (κ3) is 5.39. The second-order valence-electron chi connectivity index (χ2n) is 6.80. The standard InChI is InChI=1S/C16H34N4O2S/c1-3-9-19(10-4-2)23(21,22)20-13-11-18(12-14-20)15-16-5-7-17-8-6-16/h16-17H,3-15H2,1-2H3. The molecule has 2 aliphatic heterocycles. The van der Waals surface area contributed by atoms with Gasteiger partial charge in [-0.1, -0.05) is 13.8 Å². The smallest absolute Gasteiger partial charge is 0.282 e. The molecule has 0 atom stereocenters. The SMILES string of the molecule is CCCN(CCC)S(=O)(=O)N1CCN(CC2CCNCC2)CC1. The van der Waals surface area contributed by atoms with Crippen LogP contribution < -0.4 is 5.32 Å². The van der Waals surface area contributed by atoms with E-state index >= 15 is 0 Å². The first-order valence-electron chi connectivity index (χ1n) is 9.26. The van der Waals surface area contributed by atoms with Crippen LogP contribution in [0, 0.1) is 5.92 Å². The maximum absolute atomic E-state index is 12.8. The summed E-state index contributed by atoms with van der Waals surface area (Å²) < 4.78 is 28.9. The molecule has 1 N–H and O–H groups in total. The van der Waals surface area contributed by atoms with Gasteiger partial charge in [0.25, 0.3) is 10.2 Å². The number of hydrogen-bond donors (Lipinski definition) is 1. The van der Waals surface area contributed by atoms with E-state index in [1.165, 1.54) is 12.8 Å². The van der Waals surface area contributed by atoms with Gasteiger partial charge in [0.15, 0.2) is 0 Å². The molecule has 2 heterocycles. The summed E-state index contributed by atoms with van der Waals surface area (Å²) in [6.45, 7) is 11.7. The number of hydrogen-bond acceptors (Lipinski definition) is 4. The molecule has 7 heteroatoms. The average Bonchev–Trinajstić information content (AvgIpc) is 2.56. The number of nitrogens with zero attached hydrogens (tertiary/aromatic N) is 3. The lowest BCUT2D eigenvalue weighted by atomic mass is 9.97. The largest absolute Gasteiger partial charge is 0.317 e.